The molecule has 1 amide bonds. The number of carbonyl (C=O) groups is 1. The molecule has 2 atom stereocenters. The highest BCUT2D eigenvalue weighted by Crippen LogP contribution is 2.31. The number of nitrogens with zero attached hydrogens (tertiary/aromatic N) is 3. The lowest BCUT2D eigenvalue weighted by atomic mass is 9.96. The lowest BCUT2D eigenvalue weighted by Gasteiger charge is -2.26. The Labute approximate surface area is 159 Å². The molecule has 3 heterocycles. The van der Waals surface area contributed by atoms with Gasteiger partial charge in [-0.2, -0.15) is 5.10 Å². The monoisotopic (exact) mass is 370 g/mol. The molecule has 2 aromatic rings. The number of hydrogen-bond donors (Lipinski definition) is 1. The van der Waals surface area contributed by atoms with E-state index >= 15 is 0 Å². The van der Waals surface area contributed by atoms with E-state index in [1.165, 1.54) is 6.42 Å². The van der Waals surface area contributed by atoms with Crippen LogP contribution < -0.4 is 10.1 Å². The summed E-state index contributed by atoms with van der Waals surface area (Å²) >= 11 is 0. The fourth-order valence-corrected chi connectivity index (χ4v) is 3.77. The third-order valence-corrected chi connectivity index (χ3v) is 5.31. The summed E-state index contributed by atoms with van der Waals surface area (Å²) in [7, 11) is 1.86. The number of fused-ring (bicyclic) bond motifs is 1. The standard InChI is InChI=1S/C20H26N4O3/c1-12-9-16-18(23-24(3)19(16)13(2)26-12)20(25)22-11-14-7-8-21-17(10-14)27-15-5-4-6-15/h7-8,10,12-13,15H,4-6,9,11H2,1-3H3,(H,22,25)/t12-,13+/m1/s1. The number of hydrogen-bond acceptors (Lipinski definition) is 5. The van der Waals surface area contributed by atoms with Crippen LogP contribution in [0.5, 0.6) is 5.88 Å². The number of ether oxygens (including phenoxy) is 2. The first-order valence-corrected chi connectivity index (χ1v) is 9.62. The second kappa shape index (κ2) is 7.31. The average Bonchev–Trinajstić information content (AvgIpc) is 2.93. The van der Waals surface area contributed by atoms with Crippen molar-refractivity contribution in [2.45, 2.75) is 64.4 Å². The predicted octanol–water partition coefficient (Wildman–Crippen LogP) is 2.70. The van der Waals surface area contributed by atoms with Crippen LogP contribution in [0.15, 0.2) is 18.3 Å². The van der Waals surface area contributed by atoms with Gasteiger partial charge in [-0.1, -0.05) is 0 Å². The van der Waals surface area contributed by atoms with Gasteiger partial charge >= 0.3 is 0 Å². The Kier molecular flexibility index (Phi) is 4.86. The molecule has 1 aliphatic heterocycles. The highest BCUT2D eigenvalue weighted by atomic mass is 16.5. The van der Waals surface area contributed by atoms with Gasteiger partial charge in [-0.3, -0.25) is 9.48 Å². The van der Waals surface area contributed by atoms with E-state index in [2.05, 4.69) is 15.4 Å². The Morgan fingerprint density at radius 3 is 2.96 bits per heavy atom. The Morgan fingerprint density at radius 1 is 1.41 bits per heavy atom. The number of carbonyl (C=O) groups excluding carboxylic acids is 1. The van der Waals surface area contributed by atoms with Crippen molar-refractivity contribution in [2.75, 3.05) is 0 Å². The molecular weight excluding hydrogens is 344 g/mol. The van der Waals surface area contributed by atoms with Crippen molar-refractivity contribution in [2.24, 2.45) is 7.05 Å². The molecule has 0 spiro atoms. The number of aromatic nitrogens is 3. The van der Waals surface area contributed by atoms with Gasteiger partial charge in [0.25, 0.3) is 5.91 Å². The van der Waals surface area contributed by atoms with E-state index in [9.17, 15) is 4.79 Å². The highest BCUT2D eigenvalue weighted by molar-refractivity contribution is 5.94. The van der Waals surface area contributed by atoms with Crippen molar-refractivity contribution in [3.63, 3.8) is 0 Å². The lowest BCUT2D eigenvalue weighted by Crippen LogP contribution is -2.27. The van der Waals surface area contributed by atoms with Gasteiger partial charge in [0.2, 0.25) is 5.88 Å². The number of nitrogens with one attached hydrogen (secondary N) is 1. The van der Waals surface area contributed by atoms with Crippen LogP contribution in [0.3, 0.4) is 0 Å². The molecule has 1 saturated carbocycles. The Hall–Kier alpha value is -2.41. The normalized spacial score (nSPS) is 22.0. The molecule has 0 unspecified atom stereocenters. The molecule has 7 heteroatoms. The number of aryl methyl sites for hydroxylation is 1. The molecule has 1 fully saturated rings. The van der Waals surface area contributed by atoms with Gasteiger partial charge in [0, 0.05) is 37.8 Å². The van der Waals surface area contributed by atoms with E-state index in [1.54, 1.807) is 10.9 Å². The summed E-state index contributed by atoms with van der Waals surface area (Å²) in [5, 5.41) is 7.43. The van der Waals surface area contributed by atoms with Gasteiger partial charge in [-0.15, -0.1) is 0 Å². The van der Waals surface area contributed by atoms with E-state index in [4.69, 9.17) is 9.47 Å². The van der Waals surface area contributed by atoms with E-state index in [1.807, 2.05) is 33.0 Å². The predicted molar refractivity (Wildman–Crippen MR) is 99.5 cm³/mol. The van der Waals surface area contributed by atoms with Crippen LogP contribution >= 0.6 is 0 Å². The van der Waals surface area contributed by atoms with Gasteiger partial charge in [0.05, 0.1) is 17.9 Å². The van der Waals surface area contributed by atoms with E-state index in [-0.39, 0.29) is 24.2 Å². The molecule has 7 nitrogen and oxygen atoms in total. The summed E-state index contributed by atoms with van der Waals surface area (Å²) in [6.45, 7) is 4.43. The third kappa shape index (κ3) is 3.69. The minimum absolute atomic E-state index is 0.0609. The molecule has 1 N–H and O–H groups in total. The second-order valence-corrected chi connectivity index (χ2v) is 7.48. The van der Waals surface area contributed by atoms with Crippen molar-refractivity contribution < 1.29 is 14.3 Å². The van der Waals surface area contributed by atoms with E-state index in [0.717, 1.165) is 29.7 Å². The summed E-state index contributed by atoms with van der Waals surface area (Å²) in [6.07, 6.45) is 6.13. The molecular formula is C20H26N4O3. The molecule has 1 aliphatic carbocycles. The SMILES string of the molecule is C[C@@H]1Cc2c(C(=O)NCc3ccnc(OC4CCC4)c3)nn(C)c2[C@H](C)O1. The van der Waals surface area contributed by atoms with Gasteiger partial charge in [-0.25, -0.2) is 4.98 Å². The van der Waals surface area contributed by atoms with Crippen LogP contribution in [0.2, 0.25) is 0 Å². The number of rotatable bonds is 5. The first kappa shape index (κ1) is 18.0. The Bertz CT molecular complexity index is 844. The van der Waals surface area contributed by atoms with Crippen LogP contribution in [-0.4, -0.2) is 32.9 Å². The molecule has 2 aromatic heterocycles. The van der Waals surface area contributed by atoms with Crippen LogP contribution in [0.25, 0.3) is 0 Å². The summed E-state index contributed by atoms with van der Waals surface area (Å²) in [5.41, 5.74) is 3.43. The van der Waals surface area contributed by atoms with Crippen LogP contribution in [0, 0.1) is 0 Å². The first-order valence-electron chi connectivity index (χ1n) is 9.62. The summed E-state index contributed by atoms with van der Waals surface area (Å²) in [5.74, 6) is 0.466. The van der Waals surface area contributed by atoms with Gasteiger partial charge < -0.3 is 14.8 Å². The van der Waals surface area contributed by atoms with Crippen LogP contribution in [-0.2, 0) is 24.8 Å². The van der Waals surface area contributed by atoms with Crippen molar-refractivity contribution in [3.8, 4) is 5.88 Å². The smallest absolute Gasteiger partial charge is 0.272 e. The van der Waals surface area contributed by atoms with E-state index < -0.39 is 0 Å². The molecule has 4 rings (SSSR count). The highest BCUT2D eigenvalue weighted by Gasteiger charge is 2.31. The number of amides is 1. The molecule has 2 aliphatic rings. The zero-order valence-corrected chi connectivity index (χ0v) is 16.1. The van der Waals surface area contributed by atoms with Crippen molar-refractivity contribution >= 4 is 5.91 Å². The minimum Gasteiger partial charge on any atom is -0.474 e. The Morgan fingerprint density at radius 2 is 2.22 bits per heavy atom. The Balaban J connectivity index is 1.44. The zero-order valence-electron chi connectivity index (χ0n) is 16.1. The summed E-state index contributed by atoms with van der Waals surface area (Å²) in [4.78, 5) is 17.0. The molecule has 27 heavy (non-hydrogen) atoms. The molecule has 0 radical (unpaired) electrons. The molecule has 0 saturated heterocycles. The first-order chi connectivity index (χ1) is 13.0. The van der Waals surface area contributed by atoms with Gasteiger partial charge in [0.15, 0.2) is 5.69 Å². The maximum atomic E-state index is 12.8. The minimum atomic E-state index is -0.161. The summed E-state index contributed by atoms with van der Waals surface area (Å²) < 4.78 is 13.5. The molecule has 0 aromatic carbocycles. The second-order valence-electron chi connectivity index (χ2n) is 7.48. The van der Waals surface area contributed by atoms with Crippen LogP contribution in [0.4, 0.5) is 0 Å². The third-order valence-electron chi connectivity index (χ3n) is 5.31. The number of pyridine rings is 1. The maximum absolute atomic E-state index is 12.8. The molecule has 144 valence electrons. The summed E-state index contributed by atoms with van der Waals surface area (Å²) in [6, 6.07) is 3.78. The van der Waals surface area contributed by atoms with E-state index in [0.29, 0.717) is 24.5 Å². The fourth-order valence-electron chi connectivity index (χ4n) is 3.77. The van der Waals surface area contributed by atoms with Gasteiger partial charge in [0.1, 0.15) is 6.10 Å². The quantitative estimate of drug-likeness (QED) is 0.875. The largest absolute Gasteiger partial charge is 0.474 e. The van der Waals surface area contributed by atoms with Crippen LogP contribution in [0.1, 0.15) is 66.5 Å². The van der Waals surface area contributed by atoms with Gasteiger partial charge in [-0.05, 0) is 44.7 Å². The topological polar surface area (TPSA) is 78.3 Å². The maximum Gasteiger partial charge on any atom is 0.272 e. The molecule has 0 bridgehead atoms. The fraction of sp³-hybridized carbons (Fsp3) is 0.550. The van der Waals surface area contributed by atoms with Crippen molar-refractivity contribution in [3.05, 3.63) is 40.8 Å². The van der Waals surface area contributed by atoms with Crippen molar-refractivity contribution in [1.29, 1.82) is 0 Å². The average molecular weight is 370 g/mol. The van der Waals surface area contributed by atoms with Crippen molar-refractivity contribution in [1.82, 2.24) is 20.1 Å². The lowest BCUT2D eigenvalue weighted by molar-refractivity contribution is -0.00903. The zero-order chi connectivity index (χ0) is 19.0.